The van der Waals surface area contributed by atoms with E-state index in [-0.39, 0.29) is 17.7 Å². The van der Waals surface area contributed by atoms with Crippen molar-refractivity contribution < 1.29 is 9.53 Å². The first-order chi connectivity index (χ1) is 14.7. The Hall–Kier alpha value is -2.38. The highest BCUT2D eigenvalue weighted by Gasteiger charge is 2.23. The van der Waals surface area contributed by atoms with Crippen LogP contribution >= 0.6 is 11.3 Å². The summed E-state index contributed by atoms with van der Waals surface area (Å²) >= 11 is 1.66. The third-order valence-electron chi connectivity index (χ3n) is 5.65. The van der Waals surface area contributed by atoms with Crippen molar-refractivity contribution in [3.63, 3.8) is 0 Å². The van der Waals surface area contributed by atoms with Crippen molar-refractivity contribution in [2.45, 2.75) is 58.3 Å². The first-order valence-corrected chi connectivity index (χ1v) is 11.6. The van der Waals surface area contributed by atoms with E-state index in [1.54, 1.807) is 15.9 Å². The van der Waals surface area contributed by atoms with Crippen LogP contribution in [0.15, 0.2) is 46.6 Å². The average Bonchev–Trinajstić information content (AvgIpc) is 3.50. The molecule has 1 amide bonds. The molecule has 0 bridgehead atoms. The summed E-state index contributed by atoms with van der Waals surface area (Å²) in [5, 5.41) is 2.03. The molecule has 0 N–H and O–H groups in total. The molecular formula is C23H29N3O3S. The summed E-state index contributed by atoms with van der Waals surface area (Å²) in [6.07, 6.45) is 3.36. The molecular weight excluding hydrogens is 398 g/mol. The molecule has 30 heavy (non-hydrogen) atoms. The number of fused-ring (bicyclic) bond motifs is 1. The summed E-state index contributed by atoms with van der Waals surface area (Å²) in [6.45, 7) is 5.13. The number of ether oxygens (including phenoxy) is 1. The van der Waals surface area contributed by atoms with E-state index in [2.05, 4.69) is 13.0 Å². The summed E-state index contributed by atoms with van der Waals surface area (Å²) in [6, 6.07) is 11.9. The molecule has 1 saturated heterocycles. The van der Waals surface area contributed by atoms with Crippen LogP contribution in [0.4, 0.5) is 0 Å². The largest absolute Gasteiger partial charge is 0.376 e. The first-order valence-electron chi connectivity index (χ1n) is 10.8. The highest BCUT2D eigenvalue weighted by molar-refractivity contribution is 7.09. The Morgan fingerprint density at radius 2 is 1.93 bits per heavy atom. The number of rotatable bonds is 9. The predicted molar refractivity (Wildman–Crippen MR) is 120 cm³/mol. The van der Waals surface area contributed by atoms with Gasteiger partial charge in [0.25, 0.3) is 0 Å². The van der Waals surface area contributed by atoms with Crippen LogP contribution in [-0.2, 0) is 29.2 Å². The second-order valence-corrected chi connectivity index (χ2v) is 8.85. The molecule has 160 valence electrons. The normalized spacial score (nSPS) is 16.4. The van der Waals surface area contributed by atoms with E-state index < -0.39 is 0 Å². The van der Waals surface area contributed by atoms with E-state index in [0.717, 1.165) is 41.8 Å². The molecule has 3 heterocycles. The Morgan fingerprint density at radius 1 is 1.17 bits per heavy atom. The molecule has 0 aliphatic carbocycles. The molecule has 2 aromatic heterocycles. The Labute approximate surface area is 180 Å². The number of carbonyl (C=O) groups is 1. The van der Waals surface area contributed by atoms with Crippen LogP contribution in [0.25, 0.3) is 11.0 Å². The zero-order valence-electron chi connectivity index (χ0n) is 17.5. The first kappa shape index (κ1) is 20.9. The summed E-state index contributed by atoms with van der Waals surface area (Å²) in [5.74, 6) is 0.0677. The molecule has 1 aliphatic rings. The third kappa shape index (κ3) is 4.52. The van der Waals surface area contributed by atoms with Gasteiger partial charge in [0.1, 0.15) is 0 Å². The lowest BCUT2D eigenvalue weighted by Gasteiger charge is -2.25. The average molecular weight is 428 g/mol. The summed E-state index contributed by atoms with van der Waals surface area (Å²) in [4.78, 5) is 29.2. The topological polar surface area (TPSA) is 56.5 Å². The maximum Gasteiger partial charge on any atom is 0.329 e. The Morgan fingerprint density at radius 3 is 2.57 bits per heavy atom. The monoisotopic (exact) mass is 427 g/mol. The van der Waals surface area contributed by atoms with E-state index in [1.807, 2.05) is 45.2 Å². The zero-order valence-corrected chi connectivity index (χ0v) is 18.3. The number of imidazole rings is 1. The van der Waals surface area contributed by atoms with Crippen LogP contribution in [0.2, 0.25) is 0 Å². The molecule has 1 fully saturated rings. The van der Waals surface area contributed by atoms with Gasteiger partial charge in [0, 0.05) is 37.5 Å². The molecule has 1 unspecified atom stereocenters. The van der Waals surface area contributed by atoms with E-state index in [4.69, 9.17) is 4.74 Å². The van der Waals surface area contributed by atoms with Crippen molar-refractivity contribution in [1.82, 2.24) is 14.0 Å². The van der Waals surface area contributed by atoms with Gasteiger partial charge in [0.05, 0.1) is 23.7 Å². The van der Waals surface area contributed by atoms with Crippen molar-refractivity contribution in [2.24, 2.45) is 0 Å². The summed E-state index contributed by atoms with van der Waals surface area (Å²) < 4.78 is 9.34. The van der Waals surface area contributed by atoms with Gasteiger partial charge in [-0.1, -0.05) is 25.1 Å². The fraction of sp³-hybridized carbons (Fsp3) is 0.478. The number of aromatic nitrogens is 2. The summed E-state index contributed by atoms with van der Waals surface area (Å²) in [7, 11) is 0. The highest BCUT2D eigenvalue weighted by Crippen LogP contribution is 2.19. The van der Waals surface area contributed by atoms with Gasteiger partial charge in [-0.3, -0.25) is 13.9 Å². The van der Waals surface area contributed by atoms with E-state index in [0.29, 0.717) is 32.6 Å². The second-order valence-electron chi connectivity index (χ2n) is 7.81. The molecule has 1 aliphatic heterocycles. The van der Waals surface area contributed by atoms with Gasteiger partial charge in [-0.25, -0.2) is 4.79 Å². The fourth-order valence-electron chi connectivity index (χ4n) is 4.17. The predicted octanol–water partition coefficient (Wildman–Crippen LogP) is 3.87. The Balaban J connectivity index is 1.51. The number of benzene rings is 1. The van der Waals surface area contributed by atoms with Crippen LogP contribution in [0, 0.1) is 0 Å². The molecule has 4 rings (SSSR count). The fourth-order valence-corrected chi connectivity index (χ4v) is 4.89. The zero-order chi connectivity index (χ0) is 20.9. The van der Waals surface area contributed by atoms with Crippen molar-refractivity contribution in [2.75, 3.05) is 13.2 Å². The number of para-hydroxylation sites is 2. The van der Waals surface area contributed by atoms with Crippen LogP contribution in [0.1, 0.15) is 37.5 Å². The highest BCUT2D eigenvalue weighted by atomic mass is 32.1. The minimum absolute atomic E-state index is 0.0326. The number of hydrogen-bond donors (Lipinski definition) is 0. The van der Waals surface area contributed by atoms with Gasteiger partial charge in [-0.05, 0) is 42.8 Å². The maximum atomic E-state index is 13.2. The quantitative estimate of drug-likeness (QED) is 0.521. The lowest BCUT2D eigenvalue weighted by Crippen LogP contribution is -2.37. The van der Waals surface area contributed by atoms with Gasteiger partial charge in [-0.15, -0.1) is 11.3 Å². The molecule has 0 saturated carbocycles. The summed E-state index contributed by atoms with van der Waals surface area (Å²) in [5.41, 5.74) is 1.80. The number of amides is 1. The van der Waals surface area contributed by atoms with Gasteiger partial charge >= 0.3 is 5.69 Å². The third-order valence-corrected chi connectivity index (χ3v) is 6.51. The van der Waals surface area contributed by atoms with Crippen LogP contribution in [0.5, 0.6) is 0 Å². The Bertz CT molecular complexity index is 1030. The SMILES string of the molecule is CCCn1c(=O)n(CCC(=O)N(Cc2cccs2)CC2CCCO2)c2ccccc21. The Kier molecular flexibility index (Phi) is 6.69. The van der Waals surface area contributed by atoms with Crippen LogP contribution < -0.4 is 5.69 Å². The molecule has 3 aromatic rings. The number of hydrogen-bond acceptors (Lipinski definition) is 4. The van der Waals surface area contributed by atoms with Crippen molar-refractivity contribution >= 4 is 28.3 Å². The maximum absolute atomic E-state index is 13.2. The molecule has 1 aromatic carbocycles. The molecule has 0 radical (unpaired) electrons. The molecule has 0 spiro atoms. The number of nitrogens with zero attached hydrogens (tertiary/aromatic N) is 3. The number of thiophene rings is 1. The van der Waals surface area contributed by atoms with Crippen molar-refractivity contribution in [3.05, 3.63) is 57.1 Å². The van der Waals surface area contributed by atoms with Crippen molar-refractivity contribution in [3.8, 4) is 0 Å². The van der Waals surface area contributed by atoms with Gasteiger partial charge < -0.3 is 9.64 Å². The van der Waals surface area contributed by atoms with Gasteiger partial charge in [0.15, 0.2) is 0 Å². The molecule has 7 heteroatoms. The standard InChI is InChI=1S/C23H29N3O3S/c1-2-12-25-20-9-3-4-10-21(20)26(23(25)28)13-11-22(27)24(16-18-7-5-14-29-18)17-19-8-6-15-30-19/h3-4,6,8-10,15,18H,2,5,7,11-14,16-17H2,1H3. The van der Waals surface area contributed by atoms with E-state index in [1.165, 1.54) is 0 Å². The number of carbonyl (C=O) groups excluding carboxylic acids is 1. The second kappa shape index (κ2) is 9.62. The van der Waals surface area contributed by atoms with Crippen molar-refractivity contribution in [1.29, 1.82) is 0 Å². The molecule has 6 nitrogen and oxygen atoms in total. The molecule has 1 atom stereocenters. The smallest absolute Gasteiger partial charge is 0.329 e. The lowest BCUT2D eigenvalue weighted by molar-refractivity contribution is -0.133. The van der Waals surface area contributed by atoms with Gasteiger partial charge in [-0.2, -0.15) is 0 Å². The van der Waals surface area contributed by atoms with E-state index >= 15 is 0 Å². The lowest BCUT2D eigenvalue weighted by atomic mass is 10.2. The minimum Gasteiger partial charge on any atom is -0.376 e. The van der Waals surface area contributed by atoms with E-state index in [9.17, 15) is 9.59 Å². The van der Waals surface area contributed by atoms with Crippen LogP contribution in [0.3, 0.4) is 0 Å². The number of aryl methyl sites for hydroxylation is 2. The van der Waals surface area contributed by atoms with Crippen LogP contribution in [-0.4, -0.2) is 39.2 Å². The van der Waals surface area contributed by atoms with Gasteiger partial charge in [0.2, 0.25) is 5.91 Å². The minimum atomic E-state index is -0.0326.